The van der Waals surface area contributed by atoms with E-state index >= 15 is 0 Å². The Morgan fingerprint density at radius 1 is 0.321 bits per heavy atom. The van der Waals surface area contributed by atoms with Gasteiger partial charge in [-0.2, -0.15) is 0 Å². The predicted molar refractivity (Wildman–Crippen MR) is 329 cm³/mol. The van der Waals surface area contributed by atoms with Gasteiger partial charge in [0.15, 0.2) is 0 Å². The highest BCUT2D eigenvalue weighted by atomic mass is 15.2. The number of fused-ring (bicyclic) bond motifs is 6. The Hall–Kier alpha value is -9.90. The van der Waals surface area contributed by atoms with Crippen LogP contribution < -0.4 is 14.7 Å². The molecular formula is C74H56N4. The normalized spacial score (nSPS) is 14.4. The van der Waals surface area contributed by atoms with Crippen LogP contribution in [0.5, 0.6) is 0 Å². The molecule has 14 rings (SSSR count). The van der Waals surface area contributed by atoms with E-state index in [0.29, 0.717) is 0 Å². The minimum absolute atomic E-state index is 0.212. The molecule has 1 aliphatic carbocycles. The second-order valence-corrected chi connectivity index (χ2v) is 20.7. The van der Waals surface area contributed by atoms with E-state index in [1.807, 2.05) is 0 Å². The first-order valence-corrected chi connectivity index (χ1v) is 27.1. The molecule has 2 unspecified atom stereocenters. The third-order valence-corrected chi connectivity index (χ3v) is 15.9. The van der Waals surface area contributed by atoms with E-state index in [0.717, 1.165) is 50.9 Å². The van der Waals surface area contributed by atoms with Gasteiger partial charge in [0.2, 0.25) is 0 Å². The Morgan fingerprint density at radius 2 is 0.718 bits per heavy atom. The maximum absolute atomic E-state index is 2.50. The zero-order valence-corrected chi connectivity index (χ0v) is 43.7. The molecule has 4 nitrogen and oxygen atoms in total. The van der Waals surface area contributed by atoms with E-state index < -0.39 is 0 Å². The number of anilines is 8. The lowest BCUT2D eigenvalue weighted by Crippen LogP contribution is -2.28. The second kappa shape index (κ2) is 19.7. The zero-order chi connectivity index (χ0) is 52.1. The Kier molecular flexibility index (Phi) is 11.8. The zero-order valence-electron chi connectivity index (χ0n) is 43.7. The fourth-order valence-electron chi connectivity index (χ4n) is 11.9. The highest BCUT2D eigenvalue weighted by Gasteiger charge is 2.38. The van der Waals surface area contributed by atoms with Crippen LogP contribution in [0.1, 0.15) is 22.6 Å². The van der Waals surface area contributed by atoms with Crippen molar-refractivity contribution in [2.45, 2.75) is 25.8 Å². The molecule has 4 heteroatoms. The van der Waals surface area contributed by atoms with Crippen LogP contribution in [0, 0.1) is 13.8 Å². The molecule has 0 amide bonds. The minimum atomic E-state index is 0.212. The number of aromatic nitrogens is 1. The first-order valence-electron chi connectivity index (χ1n) is 27.1. The molecule has 1 aliphatic heterocycles. The lowest BCUT2D eigenvalue weighted by atomic mass is 9.91. The first kappa shape index (κ1) is 46.6. The molecule has 2 heterocycles. The molecule has 0 radical (unpaired) electrons. The summed E-state index contributed by atoms with van der Waals surface area (Å²) in [6, 6.07) is 98.1. The third-order valence-electron chi connectivity index (χ3n) is 15.9. The van der Waals surface area contributed by atoms with Gasteiger partial charge in [0.25, 0.3) is 0 Å². The fourth-order valence-corrected chi connectivity index (χ4v) is 11.9. The second-order valence-electron chi connectivity index (χ2n) is 20.7. The lowest BCUT2D eigenvalue weighted by Gasteiger charge is -2.28. The summed E-state index contributed by atoms with van der Waals surface area (Å²) in [5.41, 5.74) is 23.5. The molecule has 0 fully saturated rings. The fraction of sp³-hybridized carbons (Fsp3) is 0.0541. The summed E-state index contributed by atoms with van der Waals surface area (Å²) in [7, 11) is 0. The molecular weight excluding hydrogens is 945 g/mol. The van der Waals surface area contributed by atoms with Crippen LogP contribution in [-0.2, 0) is 0 Å². The summed E-state index contributed by atoms with van der Waals surface area (Å²) >= 11 is 0. The van der Waals surface area contributed by atoms with Crippen LogP contribution in [0.4, 0.5) is 45.5 Å². The van der Waals surface area contributed by atoms with Gasteiger partial charge in [-0.15, -0.1) is 0 Å². The summed E-state index contributed by atoms with van der Waals surface area (Å²) in [5.74, 6) is 0.236. The van der Waals surface area contributed by atoms with Crippen molar-refractivity contribution in [1.29, 1.82) is 0 Å². The number of nitrogens with zero attached hydrogens (tertiary/aromatic N) is 4. The number of hydrogen-bond acceptors (Lipinski definition) is 3. The summed E-state index contributed by atoms with van der Waals surface area (Å²) < 4.78 is 2.38. The van der Waals surface area contributed by atoms with E-state index in [1.54, 1.807) is 0 Å². The largest absolute Gasteiger partial charge is 0.333 e. The SMILES string of the molecule is Cc1ccc(-c2ccc(N(c3ccc(-c4ccc(N(c5ccc(-c6ccc(C)cc6)cc5)c5ccc6c(c5)c5ccccc5n6-c5ccccc5)cc4)cc3)c3ccc4c(c3)C3C=CC=CC3N4c3ccccc3)cc2)cc1. The Bertz CT molecular complexity index is 4180. The van der Waals surface area contributed by atoms with Crippen molar-refractivity contribution in [1.82, 2.24) is 4.57 Å². The number of benzene rings is 11. The molecule has 11 aromatic carbocycles. The topological polar surface area (TPSA) is 14.7 Å². The van der Waals surface area contributed by atoms with Crippen molar-refractivity contribution < 1.29 is 0 Å². The lowest BCUT2D eigenvalue weighted by molar-refractivity contribution is 0.745. The summed E-state index contributed by atoms with van der Waals surface area (Å²) in [6.07, 6.45) is 9.10. The molecule has 2 atom stereocenters. The van der Waals surface area contributed by atoms with Gasteiger partial charge in [0.1, 0.15) is 0 Å². The van der Waals surface area contributed by atoms with Crippen molar-refractivity contribution in [3.8, 4) is 39.1 Å². The van der Waals surface area contributed by atoms with Crippen LogP contribution in [0.15, 0.2) is 291 Å². The maximum atomic E-state index is 2.50. The van der Waals surface area contributed by atoms with Gasteiger partial charge >= 0.3 is 0 Å². The monoisotopic (exact) mass is 1000 g/mol. The van der Waals surface area contributed by atoms with Crippen molar-refractivity contribution in [3.63, 3.8) is 0 Å². The van der Waals surface area contributed by atoms with E-state index in [2.05, 4.69) is 324 Å². The highest BCUT2D eigenvalue weighted by molar-refractivity contribution is 6.10. The van der Waals surface area contributed by atoms with Crippen molar-refractivity contribution in [2.75, 3.05) is 14.7 Å². The number of allylic oxidation sites excluding steroid dienone is 2. The Balaban J connectivity index is 0.828. The van der Waals surface area contributed by atoms with Gasteiger partial charge in [-0.25, -0.2) is 0 Å². The molecule has 1 aromatic heterocycles. The van der Waals surface area contributed by atoms with Crippen LogP contribution in [0.25, 0.3) is 60.9 Å². The van der Waals surface area contributed by atoms with Crippen LogP contribution in [-0.4, -0.2) is 10.6 Å². The van der Waals surface area contributed by atoms with Crippen molar-refractivity contribution in [3.05, 3.63) is 308 Å². The van der Waals surface area contributed by atoms with E-state index in [1.165, 1.54) is 72.1 Å². The summed E-state index contributed by atoms with van der Waals surface area (Å²) in [5, 5.41) is 2.44. The average molecular weight is 1000 g/mol. The Morgan fingerprint density at radius 3 is 1.23 bits per heavy atom. The quantitative estimate of drug-likeness (QED) is 0.128. The number of hydrogen-bond donors (Lipinski definition) is 0. The molecule has 0 saturated carbocycles. The van der Waals surface area contributed by atoms with Crippen LogP contribution in [0.2, 0.25) is 0 Å². The van der Waals surface area contributed by atoms with Gasteiger partial charge < -0.3 is 19.3 Å². The molecule has 0 bridgehead atoms. The molecule has 0 N–H and O–H groups in total. The molecule has 78 heavy (non-hydrogen) atoms. The molecule has 372 valence electrons. The summed E-state index contributed by atoms with van der Waals surface area (Å²) in [4.78, 5) is 7.29. The van der Waals surface area contributed by atoms with Gasteiger partial charge in [0.05, 0.1) is 17.1 Å². The summed E-state index contributed by atoms with van der Waals surface area (Å²) in [6.45, 7) is 4.27. The number of rotatable bonds is 11. The first-order chi connectivity index (χ1) is 38.5. The smallest absolute Gasteiger partial charge is 0.0629 e. The minimum Gasteiger partial charge on any atom is -0.333 e. The van der Waals surface area contributed by atoms with Crippen molar-refractivity contribution in [2.24, 2.45) is 0 Å². The highest BCUT2D eigenvalue weighted by Crippen LogP contribution is 2.50. The molecule has 0 spiro atoms. The van der Waals surface area contributed by atoms with Gasteiger partial charge in [-0.3, -0.25) is 0 Å². The maximum Gasteiger partial charge on any atom is 0.0629 e. The predicted octanol–water partition coefficient (Wildman–Crippen LogP) is 20.1. The van der Waals surface area contributed by atoms with E-state index in [9.17, 15) is 0 Å². The van der Waals surface area contributed by atoms with E-state index in [4.69, 9.17) is 0 Å². The third kappa shape index (κ3) is 8.45. The molecule has 2 aliphatic rings. The standard InChI is InChI=1S/C74H56N4/c1-51-21-25-53(26-22-51)55-29-37-61(38-30-55)75(65-45-47-73-69(49-65)67-17-9-11-19-71(67)77(73)59-13-5-3-6-14-59)63-41-33-57(34-42-63)58-35-43-64(44-36-58)76(62-39-31-56(32-40-62)54-27-23-52(2)24-28-54)66-46-48-74-70(50-66)68-18-10-12-20-72(68)78(74)60-15-7-4-8-16-60/h3-50,67,71H,1-2H3. The van der Waals surface area contributed by atoms with Crippen LogP contribution in [0.3, 0.4) is 0 Å². The van der Waals surface area contributed by atoms with Crippen molar-refractivity contribution >= 4 is 67.3 Å². The van der Waals surface area contributed by atoms with Gasteiger partial charge in [-0.05, 0) is 168 Å². The number of para-hydroxylation sites is 3. The van der Waals surface area contributed by atoms with Gasteiger partial charge in [-0.1, -0.05) is 187 Å². The number of aryl methyl sites for hydroxylation is 2. The van der Waals surface area contributed by atoms with Crippen LogP contribution >= 0.6 is 0 Å². The molecule has 12 aromatic rings. The Labute approximate surface area is 457 Å². The molecule has 0 saturated heterocycles. The average Bonchev–Trinajstić information content (AvgIpc) is 4.25. The van der Waals surface area contributed by atoms with Gasteiger partial charge in [0, 0.05) is 67.9 Å². The van der Waals surface area contributed by atoms with E-state index in [-0.39, 0.29) is 12.0 Å².